The molecular formula is C24H25BrN4O3. The number of hydrogen-bond acceptors (Lipinski definition) is 4. The summed E-state index contributed by atoms with van der Waals surface area (Å²) in [6, 6.07) is 11.7. The summed E-state index contributed by atoms with van der Waals surface area (Å²) in [6.45, 7) is 1.20. The van der Waals surface area contributed by atoms with Crippen molar-refractivity contribution in [1.82, 2.24) is 19.7 Å². The number of H-pyrrole nitrogens is 1. The van der Waals surface area contributed by atoms with Gasteiger partial charge in [-0.2, -0.15) is 0 Å². The van der Waals surface area contributed by atoms with Crippen molar-refractivity contribution in [3.8, 4) is 5.75 Å². The molecule has 166 valence electrons. The number of imide groups is 1. The van der Waals surface area contributed by atoms with Crippen LogP contribution >= 0.6 is 15.9 Å². The number of hydrogen-bond donors (Lipinski definition) is 2. The van der Waals surface area contributed by atoms with Crippen LogP contribution in [-0.4, -0.2) is 70.0 Å². The molecule has 2 aliphatic heterocycles. The highest BCUT2D eigenvalue weighted by atomic mass is 79.9. The summed E-state index contributed by atoms with van der Waals surface area (Å²) in [6.07, 6.45) is 1.19. The number of aromatic amines is 1. The molecule has 1 aromatic heterocycles. The van der Waals surface area contributed by atoms with Gasteiger partial charge in [0.2, 0.25) is 0 Å². The number of phenols is 1. The van der Waals surface area contributed by atoms with Crippen molar-refractivity contribution in [2.75, 3.05) is 27.2 Å². The number of amides is 3. The number of urea groups is 1. The smallest absolute Gasteiger partial charge is 0.328 e. The van der Waals surface area contributed by atoms with Crippen molar-refractivity contribution < 1.29 is 14.7 Å². The number of fused-ring (bicyclic) bond motifs is 4. The molecule has 0 radical (unpaired) electrons. The Labute approximate surface area is 194 Å². The number of nitrogens with one attached hydrogen (secondary N) is 1. The monoisotopic (exact) mass is 496 g/mol. The summed E-state index contributed by atoms with van der Waals surface area (Å²) in [5.74, 6) is -0.0141. The van der Waals surface area contributed by atoms with E-state index in [9.17, 15) is 14.7 Å². The van der Waals surface area contributed by atoms with E-state index in [2.05, 4.69) is 27.0 Å². The first kappa shape index (κ1) is 21.0. The maximum Gasteiger partial charge on any atom is 0.328 e. The zero-order chi connectivity index (χ0) is 22.6. The molecule has 2 unspecified atom stereocenters. The van der Waals surface area contributed by atoms with Crippen molar-refractivity contribution in [2.24, 2.45) is 0 Å². The lowest BCUT2D eigenvalue weighted by atomic mass is 9.89. The summed E-state index contributed by atoms with van der Waals surface area (Å²) in [4.78, 5) is 35.5. The Kier molecular flexibility index (Phi) is 5.22. The number of halogens is 1. The van der Waals surface area contributed by atoms with Crippen molar-refractivity contribution in [3.05, 3.63) is 63.8 Å². The van der Waals surface area contributed by atoms with E-state index in [0.717, 1.165) is 45.2 Å². The third-order valence-electron chi connectivity index (χ3n) is 6.36. The molecule has 0 saturated carbocycles. The van der Waals surface area contributed by atoms with Crippen LogP contribution in [0.15, 0.2) is 46.9 Å². The second kappa shape index (κ2) is 7.94. The van der Waals surface area contributed by atoms with E-state index in [0.29, 0.717) is 13.0 Å². The van der Waals surface area contributed by atoms with Crippen molar-refractivity contribution in [3.63, 3.8) is 0 Å². The predicted molar refractivity (Wildman–Crippen MR) is 126 cm³/mol. The number of nitrogens with zero attached hydrogens (tertiary/aromatic N) is 3. The third kappa shape index (κ3) is 3.38. The fraction of sp³-hybridized carbons (Fsp3) is 0.333. The van der Waals surface area contributed by atoms with Gasteiger partial charge in [-0.3, -0.25) is 14.6 Å². The minimum absolute atomic E-state index is 0.130. The first-order chi connectivity index (χ1) is 15.3. The molecule has 0 aliphatic carbocycles. The summed E-state index contributed by atoms with van der Waals surface area (Å²) >= 11 is 3.55. The summed E-state index contributed by atoms with van der Waals surface area (Å²) in [5.41, 5.74) is 3.69. The molecule has 1 fully saturated rings. The van der Waals surface area contributed by atoms with Gasteiger partial charge in [-0.15, -0.1) is 0 Å². The standard InChI is InChI=1S/C24H25BrN4O3/c1-27(2)9-4-10-28-23(31)20-13-18-17-12-15(25)7-8-19(17)26-21(18)22(29(20)24(28)32)14-5-3-6-16(30)11-14/h3,5-8,11-12,20,22,26,30H,4,9-10,13H2,1-2H3. The van der Waals surface area contributed by atoms with Gasteiger partial charge < -0.3 is 15.0 Å². The second-order valence-electron chi connectivity index (χ2n) is 8.76. The van der Waals surface area contributed by atoms with E-state index in [1.54, 1.807) is 23.1 Å². The van der Waals surface area contributed by atoms with Crippen LogP contribution in [0.25, 0.3) is 10.9 Å². The fourth-order valence-electron chi connectivity index (χ4n) is 4.94. The zero-order valence-corrected chi connectivity index (χ0v) is 19.6. The third-order valence-corrected chi connectivity index (χ3v) is 6.86. The lowest BCUT2D eigenvalue weighted by Crippen LogP contribution is -2.44. The van der Waals surface area contributed by atoms with Crippen LogP contribution < -0.4 is 0 Å². The Bertz CT molecular complexity index is 1220. The van der Waals surface area contributed by atoms with Crippen molar-refractivity contribution >= 4 is 38.8 Å². The first-order valence-electron chi connectivity index (χ1n) is 10.7. The van der Waals surface area contributed by atoms with Gasteiger partial charge in [-0.25, -0.2) is 4.79 Å². The molecule has 8 heteroatoms. The van der Waals surface area contributed by atoms with Gasteiger partial charge in [-0.1, -0.05) is 28.1 Å². The number of aromatic nitrogens is 1. The van der Waals surface area contributed by atoms with Gasteiger partial charge in [-0.05, 0) is 68.5 Å². The summed E-state index contributed by atoms with van der Waals surface area (Å²) in [7, 11) is 3.95. The number of rotatable bonds is 5. The van der Waals surface area contributed by atoms with Gasteiger partial charge in [0, 0.05) is 34.0 Å². The van der Waals surface area contributed by atoms with Crippen LogP contribution in [0, 0.1) is 0 Å². The number of benzene rings is 2. The quantitative estimate of drug-likeness (QED) is 0.525. The van der Waals surface area contributed by atoms with E-state index in [-0.39, 0.29) is 17.7 Å². The molecule has 1 saturated heterocycles. The van der Waals surface area contributed by atoms with Crippen LogP contribution in [0.3, 0.4) is 0 Å². The van der Waals surface area contributed by atoms with E-state index in [1.807, 2.05) is 37.2 Å². The van der Waals surface area contributed by atoms with Crippen LogP contribution in [-0.2, 0) is 11.2 Å². The lowest BCUT2D eigenvalue weighted by Gasteiger charge is -2.36. The van der Waals surface area contributed by atoms with E-state index in [4.69, 9.17) is 0 Å². The Morgan fingerprint density at radius 3 is 2.75 bits per heavy atom. The number of phenolic OH excluding ortho intramolecular Hbond substituents is 1. The molecule has 3 heterocycles. The maximum atomic E-state index is 13.5. The SMILES string of the molecule is CN(C)CCCN1C(=O)C2Cc3c([nH]c4ccc(Br)cc34)C(c3cccc(O)c3)N2C1=O. The second-order valence-corrected chi connectivity index (χ2v) is 9.68. The molecule has 3 amide bonds. The minimum atomic E-state index is -0.556. The first-order valence-corrected chi connectivity index (χ1v) is 11.5. The highest BCUT2D eigenvalue weighted by molar-refractivity contribution is 9.10. The molecule has 32 heavy (non-hydrogen) atoms. The van der Waals surface area contributed by atoms with Gasteiger partial charge in [0.15, 0.2) is 0 Å². The van der Waals surface area contributed by atoms with Gasteiger partial charge in [0.05, 0.1) is 0 Å². The van der Waals surface area contributed by atoms with Crippen LogP contribution in [0.1, 0.15) is 29.3 Å². The minimum Gasteiger partial charge on any atom is -0.508 e. The molecule has 2 atom stereocenters. The highest BCUT2D eigenvalue weighted by Crippen LogP contribution is 2.44. The molecule has 2 N–H and O–H groups in total. The Hall–Kier alpha value is -2.84. The average molecular weight is 497 g/mol. The lowest BCUT2D eigenvalue weighted by molar-refractivity contribution is -0.128. The van der Waals surface area contributed by atoms with Crippen LogP contribution in [0.5, 0.6) is 5.75 Å². The Balaban J connectivity index is 1.62. The fourth-order valence-corrected chi connectivity index (χ4v) is 5.30. The number of carbonyl (C=O) groups is 2. The Morgan fingerprint density at radius 1 is 1.19 bits per heavy atom. The van der Waals surface area contributed by atoms with Crippen molar-refractivity contribution in [2.45, 2.75) is 24.9 Å². The normalized spacial score (nSPS) is 20.4. The van der Waals surface area contributed by atoms with Crippen molar-refractivity contribution in [1.29, 1.82) is 0 Å². The average Bonchev–Trinajstić information content (AvgIpc) is 3.22. The number of carbonyl (C=O) groups excluding carboxylic acids is 2. The van der Waals surface area contributed by atoms with Gasteiger partial charge >= 0.3 is 6.03 Å². The number of aromatic hydroxyl groups is 1. The molecular weight excluding hydrogens is 472 g/mol. The zero-order valence-electron chi connectivity index (χ0n) is 18.0. The molecule has 7 nitrogen and oxygen atoms in total. The topological polar surface area (TPSA) is 79.9 Å². The van der Waals surface area contributed by atoms with Gasteiger partial charge in [0.25, 0.3) is 5.91 Å². The van der Waals surface area contributed by atoms with E-state index < -0.39 is 12.1 Å². The largest absolute Gasteiger partial charge is 0.508 e. The maximum absolute atomic E-state index is 13.5. The Morgan fingerprint density at radius 2 is 2.00 bits per heavy atom. The molecule has 0 bridgehead atoms. The summed E-state index contributed by atoms with van der Waals surface area (Å²) in [5, 5.41) is 11.2. The molecule has 2 aliphatic rings. The predicted octanol–water partition coefficient (Wildman–Crippen LogP) is 3.87. The van der Waals surface area contributed by atoms with Gasteiger partial charge in [0.1, 0.15) is 17.8 Å². The molecule has 3 aromatic rings. The molecule has 0 spiro atoms. The molecule has 5 rings (SSSR count). The van der Waals surface area contributed by atoms with Crippen LogP contribution in [0.4, 0.5) is 4.79 Å². The highest BCUT2D eigenvalue weighted by Gasteiger charge is 2.52. The molecule has 2 aromatic carbocycles. The van der Waals surface area contributed by atoms with Crippen LogP contribution in [0.2, 0.25) is 0 Å². The van der Waals surface area contributed by atoms with E-state index in [1.165, 1.54) is 4.90 Å². The van der Waals surface area contributed by atoms with E-state index >= 15 is 0 Å². The summed E-state index contributed by atoms with van der Waals surface area (Å²) < 4.78 is 0.960.